The lowest BCUT2D eigenvalue weighted by Crippen LogP contribution is -2.24. The van der Waals surface area contributed by atoms with E-state index in [1.807, 2.05) is 11.8 Å². The highest BCUT2D eigenvalue weighted by Crippen LogP contribution is 2.30. The number of aromatic hydroxyl groups is 1. The third-order valence-electron chi connectivity index (χ3n) is 5.73. The molecule has 9 nitrogen and oxygen atoms in total. The number of benzene rings is 1. The lowest BCUT2D eigenvalue weighted by Gasteiger charge is -2.14. The maximum Gasteiger partial charge on any atom is 0.250 e. The summed E-state index contributed by atoms with van der Waals surface area (Å²) in [6.07, 6.45) is 8.72. The monoisotopic (exact) mass is 504 g/mol. The summed E-state index contributed by atoms with van der Waals surface area (Å²) in [4.78, 5) is 15.5. The summed E-state index contributed by atoms with van der Waals surface area (Å²) in [5, 5.41) is 28.8. The van der Waals surface area contributed by atoms with Crippen molar-refractivity contribution in [3.05, 3.63) is 47.7 Å². The number of carbonyl (C=O) groups excluding carboxylic acids is 1. The molecule has 2 aliphatic rings. The van der Waals surface area contributed by atoms with Crippen LogP contribution in [0.2, 0.25) is 0 Å². The summed E-state index contributed by atoms with van der Waals surface area (Å²) < 4.78 is 14.5. The fourth-order valence-electron chi connectivity index (χ4n) is 3.84. The number of aliphatic hydroxyl groups is 1. The van der Waals surface area contributed by atoms with Gasteiger partial charge in [-0.3, -0.25) is 4.79 Å². The zero-order valence-corrected chi connectivity index (χ0v) is 20.7. The van der Waals surface area contributed by atoms with Gasteiger partial charge in [0.2, 0.25) is 0 Å². The maximum absolute atomic E-state index is 13.0. The van der Waals surface area contributed by atoms with Gasteiger partial charge >= 0.3 is 0 Å². The van der Waals surface area contributed by atoms with Gasteiger partial charge in [-0.2, -0.15) is 16.9 Å². The molecule has 190 valence electrons. The summed E-state index contributed by atoms with van der Waals surface area (Å²) >= 11 is 2.03. The molecule has 0 unspecified atom stereocenters. The second-order valence-corrected chi connectivity index (χ2v) is 9.60. The lowest BCUT2D eigenvalue weighted by atomic mass is 9.98. The second kappa shape index (κ2) is 13.3. The van der Waals surface area contributed by atoms with Crippen molar-refractivity contribution in [2.75, 3.05) is 29.9 Å². The average Bonchev–Trinajstić information content (AvgIpc) is 3.21. The third kappa shape index (κ3) is 7.81. The molecule has 1 amide bonds. The second-order valence-electron chi connectivity index (χ2n) is 8.37. The van der Waals surface area contributed by atoms with Crippen molar-refractivity contribution in [2.24, 2.45) is 5.73 Å². The van der Waals surface area contributed by atoms with Crippen LogP contribution in [0, 0.1) is 12.7 Å². The van der Waals surface area contributed by atoms with Gasteiger partial charge in [0.15, 0.2) is 5.82 Å². The Morgan fingerprint density at radius 2 is 1.97 bits per heavy atom. The van der Waals surface area contributed by atoms with Crippen molar-refractivity contribution in [1.82, 2.24) is 19.9 Å². The van der Waals surface area contributed by atoms with Gasteiger partial charge in [0, 0.05) is 36.9 Å². The Morgan fingerprint density at radius 3 is 2.49 bits per heavy atom. The molecular weight excluding hydrogens is 471 g/mol. The Balaban J connectivity index is 0.000000213. The highest BCUT2D eigenvalue weighted by Gasteiger charge is 2.16. The molecular formula is C24H33FN6O3S. The number of aryl methyl sites for hydroxylation is 1. The van der Waals surface area contributed by atoms with Crippen LogP contribution in [0.5, 0.6) is 5.75 Å². The molecule has 3 aromatic rings. The molecule has 1 aliphatic heterocycles. The molecule has 1 saturated carbocycles. The summed E-state index contributed by atoms with van der Waals surface area (Å²) in [7, 11) is 0. The van der Waals surface area contributed by atoms with Crippen molar-refractivity contribution in [2.45, 2.75) is 45.1 Å². The van der Waals surface area contributed by atoms with Crippen LogP contribution in [-0.4, -0.2) is 61.4 Å². The number of hydrogen-bond donors (Lipinski definition) is 5. The van der Waals surface area contributed by atoms with Crippen molar-refractivity contribution < 1.29 is 19.4 Å². The number of nitrogens with one attached hydrogen (secondary N) is 2. The lowest BCUT2D eigenvalue weighted by molar-refractivity contribution is 0.0999. The SMILES string of the molecule is C1CSCCN1.Cc1c(C(N)=O)cn2ncnc(Nc3ccc(F)cc3O)c12.OC1CCCCC1. The van der Waals surface area contributed by atoms with E-state index in [9.17, 15) is 14.3 Å². The summed E-state index contributed by atoms with van der Waals surface area (Å²) in [5.74, 6) is 1.60. The molecule has 5 rings (SSSR count). The first-order chi connectivity index (χ1) is 16.9. The Labute approximate surface area is 208 Å². The molecule has 0 radical (unpaired) electrons. The number of thioether (sulfide) groups is 1. The summed E-state index contributed by atoms with van der Waals surface area (Å²) in [5.41, 5.74) is 7.08. The highest BCUT2D eigenvalue weighted by molar-refractivity contribution is 7.99. The van der Waals surface area contributed by atoms with Gasteiger partial charge < -0.3 is 26.6 Å². The Hall–Kier alpha value is -2.89. The van der Waals surface area contributed by atoms with Crippen molar-refractivity contribution in [1.29, 1.82) is 0 Å². The molecule has 6 N–H and O–H groups in total. The van der Waals surface area contributed by atoms with Crippen LogP contribution < -0.4 is 16.4 Å². The minimum absolute atomic E-state index is 0.0359. The third-order valence-corrected chi connectivity index (χ3v) is 6.71. The van der Waals surface area contributed by atoms with E-state index in [-0.39, 0.29) is 17.5 Å². The number of aromatic nitrogens is 3. The van der Waals surface area contributed by atoms with E-state index in [1.54, 1.807) is 6.92 Å². The van der Waals surface area contributed by atoms with E-state index < -0.39 is 11.7 Å². The van der Waals surface area contributed by atoms with Gasteiger partial charge in [-0.25, -0.2) is 13.9 Å². The molecule has 2 fully saturated rings. The van der Waals surface area contributed by atoms with E-state index in [1.165, 1.54) is 73.0 Å². The molecule has 11 heteroatoms. The number of rotatable bonds is 3. The van der Waals surface area contributed by atoms with Crippen LogP contribution in [0.4, 0.5) is 15.9 Å². The first kappa shape index (κ1) is 26.7. The van der Waals surface area contributed by atoms with E-state index in [0.29, 0.717) is 22.5 Å². The molecule has 1 aliphatic carbocycles. The van der Waals surface area contributed by atoms with Crippen LogP contribution in [0.3, 0.4) is 0 Å². The number of nitrogens with zero attached hydrogens (tertiary/aromatic N) is 3. The summed E-state index contributed by atoms with van der Waals surface area (Å²) in [6, 6.07) is 3.58. The molecule has 3 heterocycles. The number of amides is 1. The van der Waals surface area contributed by atoms with Crippen LogP contribution >= 0.6 is 11.8 Å². The van der Waals surface area contributed by atoms with E-state index in [2.05, 4.69) is 20.7 Å². The number of phenolic OH excluding ortho intramolecular Hbond substituents is 1. The number of aliphatic hydroxyl groups excluding tert-OH is 1. The number of hydrogen-bond acceptors (Lipinski definition) is 8. The highest BCUT2D eigenvalue weighted by atomic mass is 32.2. The zero-order chi connectivity index (χ0) is 25.2. The van der Waals surface area contributed by atoms with Gasteiger partial charge in [-0.05, 0) is 37.5 Å². The molecule has 0 spiro atoms. The number of anilines is 2. The number of fused-ring (bicyclic) bond motifs is 1. The van der Waals surface area contributed by atoms with Gasteiger partial charge in [0.05, 0.1) is 17.4 Å². The predicted molar refractivity (Wildman–Crippen MR) is 137 cm³/mol. The first-order valence-electron chi connectivity index (χ1n) is 11.7. The van der Waals surface area contributed by atoms with Crippen LogP contribution in [-0.2, 0) is 0 Å². The minimum Gasteiger partial charge on any atom is -0.506 e. The van der Waals surface area contributed by atoms with Crippen LogP contribution in [0.25, 0.3) is 5.52 Å². The normalized spacial score (nSPS) is 16.0. The van der Waals surface area contributed by atoms with Crippen LogP contribution in [0.1, 0.15) is 48.0 Å². The van der Waals surface area contributed by atoms with E-state index in [4.69, 9.17) is 10.8 Å². The number of carbonyl (C=O) groups is 1. The number of primary amides is 1. The molecule has 0 bridgehead atoms. The van der Waals surface area contributed by atoms with Crippen molar-refractivity contribution >= 4 is 34.7 Å². The number of nitrogens with two attached hydrogens (primary N) is 1. The minimum atomic E-state index is -0.571. The maximum atomic E-state index is 13.0. The molecule has 2 aromatic heterocycles. The first-order valence-corrected chi connectivity index (χ1v) is 12.9. The average molecular weight is 505 g/mol. The Morgan fingerprint density at radius 1 is 1.26 bits per heavy atom. The standard InChI is InChI=1S/C14H12FN5O2.C6H12O.C4H9NS/c1-7-9(13(16)22)5-20-12(7)14(17-6-18-20)19-10-3-2-8(15)4-11(10)21;7-6-4-2-1-3-5-6;1-3-6-4-2-5-1/h2-6,21H,1H3,(H2,16,22)(H,17,18,19);6-7H,1-5H2;5H,1-4H2. The molecule has 1 saturated heterocycles. The van der Waals surface area contributed by atoms with Crippen molar-refractivity contribution in [3.63, 3.8) is 0 Å². The van der Waals surface area contributed by atoms with E-state index in [0.717, 1.165) is 18.9 Å². The van der Waals surface area contributed by atoms with Gasteiger partial charge in [-0.1, -0.05) is 19.3 Å². The van der Waals surface area contributed by atoms with Gasteiger partial charge in [-0.15, -0.1) is 0 Å². The molecule has 1 aromatic carbocycles. The fraction of sp³-hybridized carbons (Fsp3) is 0.458. The molecule has 0 atom stereocenters. The fourth-order valence-corrected chi connectivity index (χ4v) is 4.62. The quantitative estimate of drug-likeness (QED) is 0.342. The topological polar surface area (TPSA) is 138 Å². The smallest absolute Gasteiger partial charge is 0.250 e. The Bertz CT molecular complexity index is 1100. The number of halogens is 1. The zero-order valence-electron chi connectivity index (χ0n) is 19.8. The largest absolute Gasteiger partial charge is 0.506 e. The van der Waals surface area contributed by atoms with Crippen LogP contribution in [0.15, 0.2) is 30.7 Å². The molecule has 35 heavy (non-hydrogen) atoms. The Kier molecular flexibility index (Phi) is 10.1. The van der Waals surface area contributed by atoms with Gasteiger partial charge in [0.1, 0.15) is 23.4 Å². The van der Waals surface area contributed by atoms with Crippen molar-refractivity contribution in [3.8, 4) is 5.75 Å². The summed E-state index contributed by atoms with van der Waals surface area (Å²) in [6.45, 7) is 4.14. The van der Waals surface area contributed by atoms with Gasteiger partial charge in [0.25, 0.3) is 5.91 Å². The van der Waals surface area contributed by atoms with E-state index >= 15 is 0 Å². The number of phenols is 1. The predicted octanol–water partition coefficient (Wildman–Crippen LogP) is 3.36.